The van der Waals surface area contributed by atoms with Gasteiger partial charge in [0.1, 0.15) is 0 Å². The van der Waals surface area contributed by atoms with Crippen LogP contribution in [-0.2, 0) is 6.42 Å². The van der Waals surface area contributed by atoms with Crippen molar-refractivity contribution in [3.8, 4) is 0 Å². The Bertz CT molecular complexity index is 276. The zero-order valence-electron chi connectivity index (χ0n) is 8.60. The van der Waals surface area contributed by atoms with E-state index in [1.165, 1.54) is 5.56 Å². The smallest absolute Gasteiger partial charge is 0.0704 e. The Morgan fingerprint density at radius 1 is 1.43 bits per heavy atom. The number of aliphatic hydroxyl groups excluding tert-OH is 1. The van der Waals surface area contributed by atoms with Crippen LogP contribution in [0.2, 0.25) is 0 Å². The summed E-state index contributed by atoms with van der Waals surface area (Å²) < 4.78 is 0. The molecular weight excluding hydrogens is 198 g/mol. The topological polar surface area (TPSA) is 46.2 Å². The summed E-state index contributed by atoms with van der Waals surface area (Å²) in [5.41, 5.74) is 8.08. The van der Waals surface area contributed by atoms with Crippen molar-refractivity contribution in [1.82, 2.24) is 0 Å². The summed E-state index contributed by atoms with van der Waals surface area (Å²) in [4.78, 5) is 0. The summed E-state index contributed by atoms with van der Waals surface area (Å²) in [6, 6.07) is 7.79. The van der Waals surface area contributed by atoms with Gasteiger partial charge in [-0.25, -0.2) is 0 Å². The average Bonchev–Trinajstić information content (AvgIpc) is 2.16. The van der Waals surface area contributed by atoms with E-state index in [0.717, 1.165) is 12.0 Å². The maximum Gasteiger partial charge on any atom is 0.0704 e. The Morgan fingerprint density at radius 2 is 2.07 bits per heavy atom. The minimum Gasteiger partial charge on any atom is -0.391 e. The lowest BCUT2D eigenvalue weighted by Gasteiger charge is -2.15. The standard InChI is InChI=1S/C11H17NO.ClH/c1-3-9-5-4-6-10(7-9)11(12)8(2)13;/h4-8,11,13H,3,12H2,1-2H3;1H. The number of benzene rings is 1. The van der Waals surface area contributed by atoms with Crippen LogP contribution in [-0.4, -0.2) is 11.2 Å². The normalized spacial score (nSPS) is 14.3. The lowest BCUT2D eigenvalue weighted by Crippen LogP contribution is -2.23. The fourth-order valence-electron chi connectivity index (χ4n) is 1.30. The van der Waals surface area contributed by atoms with Crippen LogP contribution in [0.3, 0.4) is 0 Å². The molecule has 1 rings (SSSR count). The largest absolute Gasteiger partial charge is 0.391 e. The molecule has 3 N–H and O–H groups in total. The van der Waals surface area contributed by atoms with Gasteiger partial charge in [-0.1, -0.05) is 31.2 Å². The molecule has 0 spiro atoms. The highest BCUT2D eigenvalue weighted by Gasteiger charge is 2.11. The number of aryl methyl sites for hydroxylation is 1. The lowest BCUT2D eigenvalue weighted by molar-refractivity contribution is 0.164. The van der Waals surface area contributed by atoms with Crippen LogP contribution < -0.4 is 5.73 Å². The quantitative estimate of drug-likeness (QED) is 0.811. The van der Waals surface area contributed by atoms with Gasteiger partial charge in [0, 0.05) is 0 Å². The number of nitrogens with two attached hydrogens (primary N) is 1. The van der Waals surface area contributed by atoms with Crippen molar-refractivity contribution in [3.63, 3.8) is 0 Å². The van der Waals surface area contributed by atoms with Crippen molar-refractivity contribution < 1.29 is 5.11 Å². The van der Waals surface area contributed by atoms with Gasteiger partial charge < -0.3 is 10.8 Å². The van der Waals surface area contributed by atoms with Gasteiger partial charge in [0.25, 0.3) is 0 Å². The maximum atomic E-state index is 9.31. The third-order valence-corrected chi connectivity index (χ3v) is 2.26. The third kappa shape index (κ3) is 3.29. The van der Waals surface area contributed by atoms with E-state index < -0.39 is 6.10 Å². The SMILES string of the molecule is CCc1cccc(C(N)C(C)O)c1.Cl. The molecule has 0 aliphatic heterocycles. The van der Waals surface area contributed by atoms with Gasteiger partial charge in [-0.2, -0.15) is 0 Å². The molecule has 3 heteroatoms. The predicted molar refractivity (Wildman–Crippen MR) is 61.7 cm³/mol. The second-order valence-corrected chi connectivity index (χ2v) is 3.36. The van der Waals surface area contributed by atoms with Crippen LogP contribution in [0.25, 0.3) is 0 Å². The molecule has 0 radical (unpaired) electrons. The first-order valence-electron chi connectivity index (χ1n) is 4.67. The van der Waals surface area contributed by atoms with E-state index in [9.17, 15) is 5.11 Å². The molecule has 2 unspecified atom stereocenters. The van der Waals surface area contributed by atoms with Gasteiger partial charge >= 0.3 is 0 Å². The molecule has 0 saturated carbocycles. The van der Waals surface area contributed by atoms with E-state index >= 15 is 0 Å². The van der Waals surface area contributed by atoms with Crippen LogP contribution in [0.4, 0.5) is 0 Å². The van der Waals surface area contributed by atoms with Crippen LogP contribution in [0, 0.1) is 0 Å². The van der Waals surface area contributed by atoms with Gasteiger partial charge in [-0.3, -0.25) is 0 Å². The average molecular weight is 216 g/mol. The number of halogens is 1. The molecule has 80 valence electrons. The van der Waals surface area contributed by atoms with Crippen molar-refractivity contribution >= 4 is 12.4 Å². The summed E-state index contributed by atoms with van der Waals surface area (Å²) >= 11 is 0. The molecule has 0 aromatic heterocycles. The Labute approximate surface area is 91.5 Å². The zero-order valence-corrected chi connectivity index (χ0v) is 9.42. The van der Waals surface area contributed by atoms with E-state index in [-0.39, 0.29) is 18.4 Å². The van der Waals surface area contributed by atoms with Crippen molar-refractivity contribution in [3.05, 3.63) is 35.4 Å². The Balaban J connectivity index is 0.00000169. The molecule has 1 aromatic carbocycles. The summed E-state index contributed by atoms with van der Waals surface area (Å²) in [5.74, 6) is 0. The predicted octanol–water partition coefficient (Wildman–Crippen LogP) is 2.05. The second kappa shape index (κ2) is 6.02. The van der Waals surface area contributed by atoms with Crippen LogP contribution in [0.5, 0.6) is 0 Å². The molecule has 0 bridgehead atoms. The summed E-state index contributed by atoms with van der Waals surface area (Å²) in [7, 11) is 0. The number of aliphatic hydroxyl groups is 1. The molecule has 2 atom stereocenters. The third-order valence-electron chi connectivity index (χ3n) is 2.26. The van der Waals surface area contributed by atoms with Crippen molar-refractivity contribution in [2.24, 2.45) is 5.73 Å². The van der Waals surface area contributed by atoms with Gasteiger partial charge in [0.2, 0.25) is 0 Å². The maximum absolute atomic E-state index is 9.31. The molecule has 14 heavy (non-hydrogen) atoms. The first-order valence-corrected chi connectivity index (χ1v) is 4.67. The summed E-state index contributed by atoms with van der Waals surface area (Å²) in [6.07, 6.45) is 0.507. The van der Waals surface area contributed by atoms with Gasteiger partial charge in [0.05, 0.1) is 12.1 Å². The number of hydrogen-bond donors (Lipinski definition) is 2. The molecule has 2 nitrogen and oxygen atoms in total. The Hall–Kier alpha value is -0.570. The molecule has 0 fully saturated rings. The molecule has 0 heterocycles. The molecule has 0 amide bonds. The summed E-state index contributed by atoms with van der Waals surface area (Å²) in [5, 5.41) is 9.31. The van der Waals surface area contributed by atoms with Crippen molar-refractivity contribution in [2.75, 3.05) is 0 Å². The molecular formula is C11H18ClNO. The zero-order chi connectivity index (χ0) is 9.84. The monoisotopic (exact) mass is 215 g/mol. The first-order chi connectivity index (χ1) is 6.15. The van der Waals surface area contributed by atoms with E-state index in [2.05, 4.69) is 19.1 Å². The van der Waals surface area contributed by atoms with Crippen LogP contribution in [0.15, 0.2) is 24.3 Å². The Kier molecular flexibility index (Phi) is 5.77. The minimum absolute atomic E-state index is 0. The van der Waals surface area contributed by atoms with Crippen LogP contribution >= 0.6 is 12.4 Å². The number of hydrogen-bond acceptors (Lipinski definition) is 2. The fourth-order valence-corrected chi connectivity index (χ4v) is 1.30. The van der Waals surface area contributed by atoms with E-state index in [1.807, 2.05) is 12.1 Å². The van der Waals surface area contributed by atoms with E-state index in [1.54, 1.807) is 6.92 Å². The van der Waals surface area contributed by atoms with Gasteiger partial charge in [-0.05, 0) is 24.5 Å². The van der Waals surface area contributed by atoms with Crippen LogP contribution in [0.1, 0.15) is 31.0 Å². The highest BCUT2D eigenvalue weighted by molar-refractivity contribution is 5.85. The van der Waals surface area contributed by atoms with Gasteiger partial charge in [0.15, 0.2) is 0 Å². The van der Waals surface area contributed by atoms with E-state index in [4.69, 9.17) is 5.73 Å². The molecule has 1 aromatic rings. The van der Waals surface area contributed by atoms with E-state index in [0.29, 0.717) is 0 Å². The fraction of sp³-hybridized carbons (Fsp3) is 0.455. The highest BCUT2D eigenvalue weighted by Crippen LogP contribution is 2.15. The van der Waals surface area contributed by atoms with Crippen molar-refractivity contribution in [1.29, 1.82) is 0 Å². The minimum atomic E-state index is -0.493. The second-order valence-electron chi connectivity index (χ2n) is 3.36. The highest BCUT2D eigenvalue weighted by atomic mass is 35.5. The number of rotatable bonds is 3. The molecule has 0 saturated heterocycles. The lowest BCUT2D eigenvalue weighted by atomic mass is 10.0. The molecule has 0 aliphatic rings. The van der Waals surface area contributed by atoms with Gasteiger partial charge in [-0.15, -0.1) is 12.4 Å². The molecule has 0 aliphatic carbocycles. The summed E-state index contributed by atoms with van der Waals surface area (Å²) in [6.45, 7) is 3.82. The Morgan fingerprint density at radius 3 is 2.57 bits per heavy atom. The first kappa shape index (κ1) is 13.4. The van der Waals surface area contributed by atoms with Crippen molar-refractivity contribution in [2.45, 2.75) is 32.4 Å².